The Labute approximate surface area is 185 Å². The highest BCUT2D eigenvalue weighted by atomic mass is 16.5. The first kappa shape index (κ1) is 21.7. The number of unbranched alkanes of at least 4 members (excludes halogenated alkanes) is 1. The number of para-hydroxylation sites is 2. The van der Waals surface area contributed by atoms with E-state index in [-0.39, 0.29) is 18.0 Å². The monoisotopic (exact) mass is 422 g/mol. The lowest BCUT2D eigenvalue weighted by Gasteiger charge is -2.37. The molecule has 6 nitrogen and oxygen atoms in total. The Morgan fingerprint density at radius 3 is 2.55 bits per heavy atom. The molecule has 2 saturated heterocycles. The largest absolute Gasteiger partial charge is 0.493 e. The Bertz CT molecular complexity index is 879. The van der Waals surface area contributed by atoms with Crippen LogP contribution in [-0.4, -0.2) is 49.6 Å². The predicted octanol–water partition coefficient (Wildman–Crippen LogP) is 3.43. The summed E-state index contributed by atoms with van der Waals surface area (Å²) in [5.74, 6) is 1.10. The lowest BCUT2D eigenvalue weighted by Crippen LogP contribution is -2.53. The molecule has 0 aromatic heterocycles. The number of aryl methyl sites for hydroxylation is 1. The van der Waals surface area contributed by atoms with Crippen LogP contribution < -0.4 is 20.5 Å². The van der Waals surface area contributed by atoms with Gasteiger partial charge in [-0.05, 0) is 37.5 Å². The van der Waals surface area contributed by atoms with Crippen LogP contribution in [0.2, 0.25) is 0 Å². The lowest BCUT2D eigenvalue weighted by molar-refractivity contribution is -0.133. The van der Waals surface area contributed by atoms with Gasteiger partial charge >= 0.3 is 0 Å². The summed E-state index contributed by atoms with van der Waals surface area (Å²) in [6.45, 7) is 8.28. The fourth-order valence-corrected chi connectivity index (χ4v) is 4.45. The van der Waals surface area contributed by atoms with Gasteiger partial charge in [0.2, 0.25) is 5.91 Å². The molecular weight excluding hydrogens is 388 g/mol. The van der Waals surface area contributed by atoms with Crippen molar-refractivity contribution in [2.24, 2.45) is 0 Å². The molecule has 2 aromatic carbocycles. The number of amides is 1. The molecule has 2 fully saturated rings. The highest BCUT2D eigenvalue weighted by molar-refractivity contribution is 5.82. The van der Waals surface area contributed by atoms with Crippen molar-refractivity contribution in [3.05, 3.63) is 59.7 Å². The second kappa shape index (κ2) is 10.2. The zero-order valence-corrected chi connectivity index (χ0v) is 18.6. The molecule has 0 spiro atoms. The fraction of sp³-hybridized carbons (Fsp3) is 0.480. The van der Waals surface area contributed by atoms with Gasteiger partial charge in [-0.2, -0.15) is 0 Å². The quantitative estimate of drug-likeness (QED) is 0.670. The first-order valence-corrected chi connectivity index (χ1v) is 11.5. The SMILES string of the molecule is CCCCOc1ccccc1C1CC(C(=O)N2CCN(c3ccccc3C)CC2)NN1. The molecular formula is C25H34N4O2. The van der Waals surface area contributed by atoms with Gasteiger partial charge in [-0.1, -0.05) is 49.7 Å². The molecule has 4 rings (SSSR count). The van der Waals surface area contributed by atoms with Gasteiger partial charge in [0.15, 0.2) is 0 Å². The number of hydrogen-bond donors (Lipinski definition) is 2. The molecule has 31 heavy (non-hydrogen) atoms. The average molecular weight is 423 g/mol. The third kappa shape index (κ3) is 5.02. The molecule has 2 aliphatic rings. The molecule has 1 amide bonds. The summed E-state index contributed by atoms with van der Waals surface area (Å²) in [6, 6.07) is 16.5. The summed E-state index contributed by atoms with van der Waals surface area (Å²) in [5.41, 5.74) is 10.2. The standard InChI is InChI=1S/C25H34N4O2/c1-3-4-17-31-24-12-8-6-10-20(24)21-18-22(27-26-21)25(30)29-15-13-28(14-16-29)23-11-7-5-9-19(23)2/h5-12,21-22,26-27H,3-4,13-18H2,1-2H3. The number of ether oxygens (including phenoxy) is 1. The molecule has 2 aliphatic heterocycles. The topological polar surface area (TPSA) is 56.8 Å². The van der Waals surface area contributed by atoms with Gasteiger partial charge in [0, 0.05) is 37.4 Å². The van der Waals surface area contributed by atoms with Crippen molar-refractivity contribution in [3.63, 3.8) is 0 Å². The minimum atomic E-state index is -0.210. The van der Waals surface area contributed by atoms with E-state index in [9.17, 15) is 4.79 Å². The van der Waals surface area contributed by atoms with Crippen molar-refractivity contribution in [2.75, 3.05) is 37.7 Å². The normalized spacial score (nSPS) is 21.4. The van der Waals surface area contributed by atoms with Crippen LogP contribution >= 0.6 is 0 Å². The van der Waals surface area contributed by atoms with Gasteiger partial charge in [0.25, 0.3) is 0 Å². The minimum Gasteiger partial charge on any atom is -0.493 e. The number of hydrazine groups is 1. The van der Waals surface area contributed by atoms with Crippen LogP contribution in [0.3, 0.4) is 0 Å². The van der Waals surface area contributed by atoms with Crippen molar-refractivity contribution >= 4 is 11.6 Å². The number of rotatable bonds is 7. The first-order valence-electron chi connectivity index (χ1n) is 11.5. The van der Waals surface area contributed by atoms with Crippen molar-refractivity contribution < 1.29 is 9.53 Å². The van der Waals surface area contributed by atoms with E-state index < -0.39 is 0 Å². The third-order valence-corrected chi connectivity index (χ3v) is 6.30. The number of carbonyl (C=O) groups is 1. The van der Waals surface area contributed by atoms with Crippen LogP contribution in [0, 0.1) is 6.92 Å². The van der Waals surface area contributed by atoms with E-state index in [1.165, 1.54) is 11.3 Å². The molecule has 0 aliphatic carbocycles. The molecule has 0 bridgehead atoms. The third-order valence-electron chi connectivity index (χ3n) is 6.30. The van der Waals surface area contributed by atoms with Crippen molar-refractivity contribution in [1.82, 2.24) is 15.8 Å². The molecule has 2 aromatic rings. The van der Waals surface area contributed by atoms with Crippen molar-refractivity contribution in [1.29, 1.82) is 0 Å². The Morgan fingerprint density at radius 1 is 1.03 bits per heavy atom. The van der Waals surface area contributed by atoms with Gasteiger partial charge in [-0.3, -0.25) is 4.79 Å². The Kier molecular flexibility index (Phi) is 7.10. The van der Waals surface area contributed by atoms with E-state index >= 15 is 0 Å². The van der Waals surface area contributed by atoms with Crippen LogP contribution in [0.15, 0.2) is 48.5 Å². The fourth-order valence-electron chi connectivity index (χ4n) is 4.45. The summed E-state index contributed by atoms with van der Waals surface area (Å²) in [6.07, 6.45) is 2.88. The van der Waals surface area contributed by atoms with E-state index in [4.69, 9.17) is 4.74 Å². The van der Waals surface area contributed by atoms with Crippen molar-refractivity contribution in [3.8, 4) is 5.75 Å². The number of nitrogens with one attached hydrogen (secondary N) is 2. The summed E-state index contributed by atoms with van der Waals surface area (Å²) in [4.78, 5) is 17.5. The highest BCUT2D eigenvalue weighted by Gasteiger charge is 2.35. The Balaban J connectivity index is 1.33. The summed E-state index contributed by atoms with van der Waals surface area (Å²) in [5, 5.41) is 0. The maximum absolute atomic E-state index is 13.2. The van der Waals surface area contributed by atoms with Gasteiger partial charge in [0.1, 0.15) is 11.8 Å². The molecule has 0 radical (unpaired) electrons. The van der Waals surface area contributed by atoms with Crippen LogP contribution in [0.25, 0.3) is 0 Å². The van der Waals surface area contributed by atoms with Crippen LogP contribution in [-0.2, 0) is 4.79 Å². The second-order valence-corrected chi connectivity index (χ2v) is 8.47. The number of anilines is 1. The maximum Gasteiger partial charge on any atom is 0.241 e. The van der Waals surface area contributed by atoms with E-state index in [0.29, 0.717) is 0 Å². The lowest BCUT2D eigenvalue weighted by atomic mass is 10.0. The Hall–Kier alpha value is -2.57. The zero-order valence-electron chi connectivity index (χ0n) is 18.6. The molecule has 0 saturated carbocycles. The van der Waals surface area contributed by atoms with E-state index in [2.05, 4.69) is 59.9 Å². The number of benzene rings is 2. The maximum atomic E-state index is 13.2. The van der Waals surface area contributed by atoms with Gasteiger partial charge in [0.05, 0.1) is 12.6 Å². The van der Waals surface area contributed by atoms with E-state index in [0.717, 1.165) is 63.4 Å². The van der Waals surface area contributed by atoms with Crippen LogP contribution in [0.1, 0.15) is 43.4 Å². The molecule has 2 atom stereocenters. The molecule has 2 heterocycles. The van der Waals surface area contributed by atoms with Crippen molar-refractivity contribution in [2.45, 2.75) is 45.2 Å². The second-order valence-electron chi connectivity index (χ2n) is 8.47. The number of carbonyl (C=O) groups excluding carboxylic acids is 1. The summed E-state index contributed by atoms with van der Waals surface area (Å²) in [7, 11) is 0. The highest BCUT2D eigenvalue weighted by Crippen LogP contribution is 2.31. The molecule has 166 valence electrons. The number of nitrogens with zero attached hydrogens (tertiary/aromatic N) is 2. The average Bonchev–Trinajstić information content (AvgIpc) is 3.30. The molecule has 2 N–H and O–H groups in total. The zero-order chi connectivity index (χ0) is 21.6. The predicted molar refractivity (Wildman–Crippen MR) is 124 cm³/mol. The van der Waals surface area contributed by atoms with Crippen LogP contribution in [0.5, 0.6) is 5.75 Å². The van der Waals surface area contributed by atoms with E-state index in [1.807, 2.05) is 23.1 Å². The van der Waals surface area contributed by atoms with Crippen LogP contribution in [0.4, 0.5) is 5.69 Å². The van der Waals surface area contributed by atoms with E-state index in [1.54, 1.807) is 0 Å². The smallest absolute Gasteiger partial charge is 0.241 e. The first-order chi connectivity index (χ1) is 15.2. The summed E-state index contributed by atoms with van der Waals surface area (Å²) < 4.78 is 6.00. The Morgan fingerprint density at radius 2 is 1.77 bits per heavy atom. The number of piperazine rings is 1. The minimum absolute atomic E-state index is 0.0695. The molecule has 6 heteroatoms. The number of hydrogen-bond acceptors (Lipinski definition) is 5. The van der Waals surface area contributed by atoms with Gasteiger partial charge < -0.3 is 14.5 Å². The van der Waals surface area contributed by atoms with Gasteiger partial charge in [-0.15, -0.1) is 0 Å². The summed E-state index contributed by atoms with van der Waals surface area (Å²) >= 11 is 0. The molecule has 2 unspecified atom stereocenters. The van der Waals surface area contributed by atoms with Gasteiger partial charge in [-0.25, -0.2) is 10.9 Å².